The fourth-order valence-corrected chi connectivity index (χ4v) is 3.06. The van der Waals surface area contributed by atoms with Crippen molar-refractivity contribution in [2.24, 2.45) is 5.41 Å². The molecule has 4 nitrogen and oxygen atoms in total. The smallest absolute Gasteiger partial charge is 0.310 e. The number of carbonyl (C=O) groups is 2. The Morgan fingerprint density at radius 2 is 2.05 bits per heavy atom. The summed E-state index contributed by atoms with van der Waals surface area (Å²) in [6.45, 7) is 1.80. The highest BCUT2D eigenvalue weighted by Crippen LogP contribution is 2.44. The molecule has 1 aromatic carbocycles. The summed E-state index contributed by atoms with van der Waals surface area (Å²) in [4.78, 5) is 23.4. The van der Waals surface area contributed by atoms with Crippen LogP contribution in [0.1, 0.15) is 44.2 Å². The van der Waals surface area contributed by atoms with Gasteiger partial charge in [0, 0.05) is 16.5 Å². The predicted octanol–water partition coefficient (Wildman–Crippen LogP) is 3.82. The molecule has 1 saturated carbocycles. The first kappa shape index (κ1) is 16.1. The van der Waals surface area contributed by atoms with Crippen molar-refractivity contribution >= 4 is 35.1 Å². The van der Waals surface area contributed by atoms with Crippen LogP contribution in [0.15, 0.2) is 18.2 Å². The third-order valence-electron chi connectivity index (χ3n) is 4.07. The van der Waals surface area contributed by atoms with E-state index in [1.165, 1.54) is 0 Å². The van der Waals surface area contributed by atoms with Gasteiger partial charge in [-0.05, 0) is 43.5 Å². The fourth-order valence-electron chi connectivity index (χ4n) is 2.59. The number of hydrogen-bond donors (Lipinski definition) is 2. The highest BCUT2D eigenvalue weighted by atomic mass is 35.5. The maximum absolute atomic E-state index is 12.1. The average molecular weight is 330 g/mol. The Balaban J connectivity index is 2.02. The van der Waals surface area contributed by atoms with Gasteiger partial charge in [-0.15, -0.1) is 0 Å². The maximum atomic E-state index is 12.1. The summed E-state index contributed by atoms with van der Waals surface area (Å²) >= 11 is 12.0. The molecule has 6 heteroatoms. The summed E-state index contributed by atoms with van der Waals surface area (Å²) in [6, 6.07) is 4.72. The molecule has 21 heavy (non-hydrogen) atoms. The SMILES string of the molecule is CC(NC(=O)CC1(C(=O)O)CCC1)c1cc(Cl)ccc1Cl. The van der Waals surface area contributed by atoms with Crippen molar-refractivity contribution in [3.8, 4) is 0 Å². The molecule has 0 aromatic heterocycles. The molecule has 0 heterocycles. The zero-order valence-corrected chi connectivity index (χ0v) is 13.2. The Bertz CT molecular complexity index is 570. The van der Waals surface area contributed by atoms with E-state index in [9.17, 15) is 14.7 Å². The Labute approximate surface area is 133 Å². The number of benzene rings is 1. The molecule has 2 N–H and O–H groups in total. The second kappa shape index (κ2) is 6.24. The van der Waals surface area contributed by atoms with Crippen LogP contribution in [-0.2, 0) is 9.59 Å². The molecule has 114 valence electrons. The Hall–Kier alpha value is -1.26. The van der Waals surface area contributed by atoms with Crippen molar-refractivity contribution < 1.29 is 14.7 Å². The van der Waals surface area contributed by atoms with Crippen LogP contribution in [0.3, 0.4) is 0 Å². The van der Waals surface area contributed by atoms with E-state index in [-0.39, 0.29) is 18.4 Å². The molecule has 0 saturated heterocycles. The summed E-state index contributed by atoms with van der Waals surface area (Å²) in [7, 11) is 0. The highest BCUT2D eigenvalue weighted by molar-refractivity contribution is 6.33. The summed E-state index contributed by atoms with van der Waals surface area (Å²) in [5.74, 6) is -1.17. The number of halogens is 2. The lowest BCUT2D eigenvalue weighted by molar-refractivity contribution is -0.157. The average Bonchev–Trinajstić information content (AvgIpc) is 2.36. The van der Waals surface area contributed by atoms with E-state index in [1.807, 2.05) is 0 Å². The minimum atomic E-state index is -0.891. The Kier molecular flexibility index (Phi) is 4.79. The number of carboxylic acids is 1. The molecule has 1 amide bonds. The molecule has 2 rings (SSSR count). The van der Waals surface area contributed by atoms with Crippen LogP contribution >= 0.6 is 23.2 Å². The van der Waals surface area contributed by atoms with Crippen molar-refractivity contribution in [3.63, 3.8) is 0 Å². The van der Waals surface area contributed by atoms with Crippen LogP contribution in [0, 0.1) is 5.41 Å². The summed E-state index contributed by atoms with van der Waals surface area (Å²) in [5, 5.41) is 13.1. The first-order chi connectivity index (χ1) is 9.84. The molecular formula is C15H17Cl2NO3. The van der Waals surface area contributed by atoms with Gasteiger partial charge in [0.25, 0.3) is 0 Å². The third-order valence-corrected chi connectivity index (χ3v) is 4.64. The lowest BCUT2D eigenvalue weighted by atomic mass is 9.66. The van der Waals surface area contributed by atoms with Crippen LogP contribution in [0.25, 0.3) is 0 Å². The van der Waals surface area contributed by atoms with Crippen molar-refractivity contribution in [2.45, 2.75) is 38.6 Å². The molecule has 1 atom stereocenters. The summed E-state index contributed by atoms with van der Waals surface area (Å²) in [5.41, 5.74) is -0.169. The van der Waals surface area contributed by atoms with Crippen LogP contribution in [-0.4, -0.2) is 17.0 Å². The van der Waals surface area contributed by atoms with Crippen molar-refractivity contribution in [1.82, 2.24) is 5.32 Å². The number of amides is 1. The van der Waals surface area contributed by atoms with Gasteiger partial charge in [-0.3, -0.25) is 9.59 Å². The minimum Gasteiger partial charge on any atom is -0.481 e. The van der Waals surface area contributed by atoms with Gasteiger partial charge in [-0.1, -0.05) is 29.6 Å². The molecule has 0 spiro atoms. The second-order valence-electron chi connectivity index (χ2n) is 5.57. The molecule has 1 aliphatic carbocycles. The van der Waals surface area contributed by atoms with Gasteiger partial charge in [0.2, 0.25) is 5.91 Å². The van der Waals surface area contributed by atoms with Crippen molar-refractivity contribution in [3.05, 3.63) is 33.8 Å². The summed E-state index contributed by atoms with van der Waals surface area (Å²) in [6.07, 6.45) is 1.98. The molecule has 1 unspecified atom stereocenters. The lowest BCUT2D eigenvalue weighted by Gasteiger charge is -2.37. The van der Waals surface area contributed by atoms with Gasteiger partial charge in [0.05, 0.1) is 11.5 Å². The second-order valence-corrected chi connectivity index (χ2v) is 6.41. The van der Waals surface area contributed by atoms with Gasteiger partial charge in [-0.2, -0.15) is 0 Å². The number of nitrogens with one attached hydrogen (secondary N) is 1. The quantitative estimate of drug-likeness (QED) is 0.863. The molecule has 0 bridgehead atoms. The predicted molar refractivity (Wildman–Crippen MR) is 81.6 cm³/mol. The van der Waals surface area contributed by atoms with Gasteiger partial charge in [-0.25, -0.2) is 0 Å². The van der Waals surface area contributed by atoms with Gasteiger partial charge in [0.15, 0.2) is 0 Å². The van der Waals surface area contributed by atoms with Crippen molar-refractivity contribution in [2.75, 3.05) is 0 Å². The zero-order valence-electron chi connectivity index (χ0n) is 11.7. The molecule has 0 radical (unpaired) electrons. The van der Waals surface area contributed by atoms with E-state index in [2.05, 4.69) is 5.32 Å². The third kappa shape index (κ3) is 3.50. The Morgan fingerprint density at radius 1 is 1.38 bits per heavy atom. The van der Waals surface area contributed by atoms with E-state index in [0.717, 1.165) is 12.0 Å². The largest absolute Gasteiger partial charge is 0.481 e. The topological polar surface area (TPSA) is 66.4 Å². The fraction of sp³-hybridized carbons (Fsp3) is 0.467. The number of aliphatic carboxylic acids is 1. The lowest BCUT2D eigenvalue weighted by Crippen LogP contribution is -2.43. The number of hydrogen-bond acceptors (Lipinski definition) is 2. The molecule has 0 aliphatic heterocycles. The monoisotopic (exact) mass is 329 g/mol. The van der Waals surface area contributed by atoms with Crippen LogP contribution < -0.4 is 5.32 Å². The van der Waals surface area contributed by atoms with E-state index in [1.54, 1.807) is 25.1 Å². The van der Waals surface area contributed by atoms with Gasteiger partial charge < -0.3 is 10.4 Å². The first-order valence-electron chi connectivity index (χ1n) is 6.82. The maximum Gasteiger partial charge on any atom is 0.310 e. The van der Waals surface area contributed by atoms with Crippen LogP contribution in [0.2, 0.25) is 10.0 Å². The summed E-state index contributed by atoms with van der Waals surface area (Å²) < 4.78 is 0. The zero-order chi connectivity index (χ0) is 15.6. The van der Waals surface area contributed by atoms with E-state index < -0.39 is 11.4 Å². The van der Waals surface area contributed by atoms with E-state index >= 15 is 0 Å². The molecular weight excluding hydrogens is 313 g/mol. The first-order valence-corrected chi connectivity index (χ1v) is 7.57. The molecule has 1 fully saturated rings. The molecule has 1 aliphatic rings. The van der Waals surface area contributed by atoms with Crippen LogP contribution in [0.4, 0.5) is 0 Å². The molecule has 1 aromatic rings. The number of carboxylic acid groups (broad SMARTS) is 1. The number of rotatable bonds is 5. The van der Waals surface area contributed by atoms with Crippen molar-refractivity contribution in [1.29, 1.82) is 0 Å². The van der Waals surface area contributed by atoms with Crippen LogP contribution in [0.5, 0.6) is 0 Å². The van der Waals surface area contributed by atoms with E-state index in [4.69, 9.17) is 23.2 Å². The standard InChI is InChI=1S/C15H17Cl2NO3/c1-9(11-7-10(16)3-4-12(11)17)18-13(19)8-15(14(20)21)5-2-6-15/h3-4,7,9H,2,5-6,8H2,1H3,(H,18,19)(H,20,21). The number of carbonyl (C=O) groups excluding carboxylic acids is 1. The normalized spacial score (nSPS) is 17.7. The van der Waals surface area contributed by atoms with Gasteiger partial charge in [0.1, 0.15) is 0 Å². The van der Waals surface area contributed by atoms with E-state index in [0.29, 0.717) is 22.9 Å². The minimum absolute atomic E-state index is 0.00482. The Morgan fingerprint density at radius 3 is 2.57 bits per heavy atom. The van der Waals surface area contributed by atoms with Gasteiger partial charge >= 0.3 is 5.97 Å². The highest BCUT2D eigenvalue weighted by Gasteiger charge is 2.46.